The van der Waals surface area contributed by atoms with E-state index in [9.17, 15) is 9.59 Å². The van der Waals surface area contributed by atoms with Crippen molar-refractivity contribution in [2.24, 2.45) is 0 Å². The predicted molar refractivity (Wildman–Crippen MR) is 306 cm³/mol. The zero-order valence-electron chi connectivity index (χ0n) is 46.0. The Labute approximate surface area is 434 Å². The van der Waals surface area contributed by atoms with E-state index in [0.717, 1.165) is 116 Å². The molecule has 0 aliphatic rings. The van der Waals surface area contributed by atoms with Gasteiger partial charge in [0.1, 0.15) is 6.61 Å². The van der Waals surface area contributed by atoms with Crippen molar-refractivity contribution in [3.8, 4) is 0 Å². The second-order valence-electron chi connectivity index (χ2n) is 19.1. The molecule has 0 amide bonds. The smallest absolute Gasteiger partial charge is 0.306 e. The molecule has 0 bridgehead atoms. The van der Waals surface area contributed by atoms with E-state index in [0.29, 0.717) is 19.4 Å². The van der Waals surface area contributed by atoms with E-state index in [4.69, 9.17) is 14.2 Å². The highest BCUT2D eigenvalue weighted by Gasteiger charge is 2.17. The molecule has 400 valence electrons. The van der Waals surface area contributed by atoms with Crippen molar-refractivity contribution in [2.75, 3.05) is 19.8 Å². The Morgan fingerprint density at radius 2 is 0.643 bits per heavy atom. The molecule has 5 heteroatoms. The summed E-state index contributed by atoms with van der Waals surface area (Å²) in [6.07, 6.45) is 82.5. The van der Waals surface area contributed by atoms with Gasteiger partial charge in [-0.05, 0) is 122 Å². The lowest BCUT2D eigenvalue weighted by Crippen LogP contribution is -2.30. The number of hydrogen-bond donors (Lipinski definition) is 0. The molecule has 0 aliphatic heterocycles. The standard InChI is InChI=1S/C65H110O5/c1-4-7-10-13-16-19-22-25-28-30-32-34-36-39-42-45-48-51-54-57-60-68-61-63(70-65(67)59-56-53-50-47-44-41-37-27-24-21-18-15-12-9-6-3)62-69-64(66)58-55-52-49-46-43-40-38-35-33-31-29-26-23-20-17-14-11-8-5-2/h7,9-10,12,16-21,25-29,32,34,37,63H,4-6,8,11,13-15,22-24,30-31,33,35-36,38-62H2,1-3H3/b10-7-,12-9-,19-16-,20-17-,21-18-,28-25-,29-26-,34-32-,37-27-. The van der Waals surface area contributed by atoms with Gasteiger partial charge in [0.2, 0.25) is 0 Å². The molecule has 0 aromatic carbocycles. The van der Waals surface area contributed by atoms with Crippen LogP contribution in [-0.2, 0) is 23.8 Å². The fraction of sp³-hybridized carbons (Fsp3) is 0.692. The first-order valence-electron chi connectivity index (χ1n) is 29.4. The second kappa shape index (κ2) is 59.9. The van der Waals surface area contributed by atoms with Gasteiger partial charge >= 0.3 is 11.9 Å². The van der Waals surface area contributed by atoms with Crippen LogP contribution in [0.5, 0.6) is 0 Å². The van der Waals surface area contributed by atoms with Gasteiger partial charge in [0.05, 0.1) is 6.61 Å². The normalized spacial score (nSPS) is 13.0. The number of unbranched alkanes of at least 4 members (excludes halogenated alkanes) is 24. The van der Waals surface area contributed by atoms with Crippen LogP contribution < -0.4 is 0 Å². The summed E-state index contributed by atoms with van der Waals surface area (Å²) in [6.45, 7) is 7.55. The minimum Gasteiger partial charge on any atom is -0.462 e. The molecule has 1 unspecified atom stereocenters. The van der Waals surface area contributed by atoms with Crippen LogP contribution in [0.3, 0.4) is 0 Å². The number of carbonyl (C=O) groups excluding carboxylic acids is 2. The van der Waals surface area contributed by atoms with E-state index in [1.807, 2.05) is 0 Å². The maximum Gasteiger partial charge on any atom is 0.306 e. The molecule has 0 aromatic rings. The lowest BCUT2D eigenvalue weighted by Gasteiger charge is -2.18. The molecule has 0 heterocycles. The number of rotatable bonds is 53. The number of hydrogen-bond acceptors (Lipinski definition) is 5. The Kier molecular flexibility index (Phi) is 56.9. The highest BCUT2D eigenvalue weighted by molar-refractivity contribution is 5.70. The number of ether oxygens (including phenoxy) is 3. The highest BCUT2D eigenvalue weighted by atomic mass is 16.6. The summed E-state index contributed by atoms with van der Waals surface area (Å²) < 4.78 is 17.5. The summed E-state index contributed by atoms with van der Waals surface area (Å²) in [5, 5.41) is 0. The molecule has 0 radical (unpaired) electrons. The quantitative estimate of drug-likeness (QED) is 0.0345. The molecule has 0 N–H and O–H groups in total. The van der Waals surface area contributed by atoms with E-state index >= 15 is 0 Å². The van der Waals surface area contributed by atoms with E-state index < -0.39 is 6.10 Å². The van der Waals surface area contributed by atoms with Crippen molar-refractivity contribution in [3.63, 3.8) is 0 Å². The van der Waals surface area contributed by atoms with Crippen LogP contribution in [-0.4, -0.2) is 37.9 Å². The van der Waals surface area contributed by atoms with E-state index in [1.54, 1.807) is 0 Å². The zero-order chi connectivity index (χ0) is 50.6. The van der Waals surface area contributed by atoms with Crippen molar-refractivity contribution in [3.05, 3.63) is 109 Å². The third-order valence-electron chi connectivity index (χ3n) is 12.3. The Morgan fingerprint density at radius 3 is 1.03 bits per heavy atom. The van der Waals surface area contributed by atoms with E-state index in [-0.39, 0.29) is 25.2 Å². The average Bonchev–Trinajstić information content (AvgIpc) is 3.36. The minimum absolute atomic E-state index is 0.0661. The summed E-state index contributed by atoms with van der Waals surface area (Å²) in [5.74, 6) is -0.427. The SMILES string of the molecule is CC/C=C\C/C=C\C/C=C\C/C=C\CCCCCCCCCOCC(COC(=O)CCCCCCCCCCC/C=C\C/C=C\CCCCC)OC(=O)CCCCCCC/C=C\C/C=C\C/C=C\CC. The van der Waals surface area contributed by atoms with Gasteiger partial charge in [0, 0.05) is 19.4 Å². The lowest BCUT2D eigenvalue weighted by molar-refractivity contribution is -0.163. The zero-order valence-corrected chi connectivity index (χ0v) is 46.0. The minimum atomic E-state index is -0.561. The van der Waals surface area contributed by atoms with Crippen molar-refractivity contribution in [2.45, 2.75) is 271 Å². The molecule has 0 rings (SSSR count). The molecule has 5 nitrogen and oxygen atoms in total. The van der Waals surface area contributed by atoms with E-state index in [2.05, 4.69) is 130 Å². The molecule has 0 saturated heterocycles. The maximum atomic E-state index is 12.9. The Morgan fingerprint density at radius 1 is 0.329 bits per heavy atom. The van der Waals surface area contributed by atoms with Crippen LogP contribution in [0.4, 0.5) is 0 Å². The topological polar surface area (TPSA) is 61.8 Å². The molecule has 0 fully saturated rings. The van der Waals surface area contributed by atoms with Crippen LogP contribution in [0, 0.1) is 0 Å². The van der Waals surface area contributed by atoms with Gasteiger partial charge in [-0.15, -0.1) is 0 Å². The van der Waals surface area contributed by atoms with Crippen molar-refractivity contribution in [1.29, 1.82) is 0 Å². The van der Waals surface area contributed by atoms with Gasteiger partial charge in [-0.2, -0.15) is 0 Å². The first-order chi connectivity index (χ1) is 34.6. The summed E-state index contributed by atoms with van der Waals surface area (Å²) in [4.78, 5) is 25.6. The Bertz CT molecular complexity index is 1380. The first kappa shape index (κ1) is 66.6. The fourth-order valence-electron chi connectivity index (χ4n) is 7.96. The lowest BCUT2D eigenvalue weighted by atomic mass is 10.1. The van der Waals surface area contributed by atoms with Gasteiger partial charge in [-0.25, -0.2) is 0 Å². The molecule has 0 spiro atoms. The average molecular weight is 972 g/mol. The fourth-order valence-corrected chi connectivity index (χ4v) is 7.96. The second-order valence-corrected chi connectivity index (χ2v) is 19.1. The van der Waals surface area contributed by atoms with Crippen LogP contribution in [0.1, 0.15) is 265 Å². The number of esters is 2. The van der Waals surface area contributed by atoms with Crippen LogP contribution >= 0.6 is 0 Å². The van der Waals surface area contributed by atoms with Gasteiger partial charge in [0.25, 0.3) is 0 Å². The van der Waals surface area contributed by atoms with E-state index in [1.165, 1.54) is 116 Å². The van der Waals surface area contributed by atoms with Gasteiger partial charge in [-0.3, -0.25) is 9.59 Å². The molecule has 0 aromatic heterocycles. The molecular weight excluding hydrogens is 861 g/mol. The maximum absolute atomic E-state index is 12.9. The van der Waals surface area contributed by atoms with Crippen LogP contribution in [0.15, 0.2) is 109 Å². The van der Waals surface area contributed by atoms with Crippen LogP contribution in [0.25, 0.3) is 0 Å². The third-order valence-corrected chi connectivity index (χ3v) is 12.3. The van der Waals surface area contributed by atoms with Crippen molar-refractivity contribution in [1.82, 2.24) is 0 Å². The molecule has 70 heavy (non-hydrogen) atoms. The third kappa shape index (κ3) is 57.1. The summed E-state index contributed by atoms with van der Waals surface area (Å²) in [7, 11) is 0. The van der Waals surface area contributed by atoms with Crippen molar-refractivity contribution < 1.29 is 23.8 Å². The Balaban J connectivity index is 4.33. The number of carbonyl (C=O) groups is 2. The largest absolute Gasteiger partial charge is 0.462 e. The molecule has 0 saturated carbocycles. The highest BCUT2D eigenvalue weighted by Crippen LogP contribution is 2.14. The van der Waals surface area contributed by atoms with Crippen molar-refractivity contribution >= 4 is 11.9 Å². The number of allylic oxidation sites excluding steroid dienone is 18. The summed E-state index contributed by atoms with van der Waals surface area (Å²) in [5.41, 5.74) is 0. The van der Waals surface area contributed by atoms with Gasteiger partial charge < -0.3 is 14.2 Å². The van der Waals surface area contributed by atoms with Gasteiger partial charge in [-0.1, -0.05) is 239 Å². The molecule has 1 atom stereocenters. The molecule has 0 aliphatic carbocycles. The summed E-state index contributed by atoms with van der Waals surface area (Å²) in [6, 6.07) is 0. The predicted octanol–water partition coefficient (Wildman–Crippen LogP) is 20.3. The monoisotopic (exact) mass is 971 g/mol. The first-order valence-corrected chi connectivity index (χ1v) is 29.4. The van der Waals surface area contributed by atoms with Gasteiger partial charge in [0.15, 0.2) is 6.10 Å². The van der Waals surface area contributed by atoms with Crippen LogP contribution in [0.2, 0.25) is 0 Å². The molecular formula is C65H110O5. The summed E-state index contributed by atoms with van der Waals surface area (Å²) >= 11 is 0. The Hall–Kier alpha value is -3.44.